The molecule has 0 saturated heterocycles. The van der Waals surface area contributed by atoms with E-state index in [1.54, 1.807) is 0 Å². The Hall–Kier alpha value is -1.52. The summed E-state index contributed by atoms with van der Waals surface area (Å²) in [4.78, 5) is 10.5. The summed E-state index contributed by atoms with van der Waals surface area (Å²) in [5, 5.41) is 17.1. The van der Waals surface area contributed by atoms with Crippen LogP contribution in [0.25, 0.3) is 0 Å². The fraction of sp³-hybridized carbons (Fsp3) is 0.429. The van der Waals surface area contributed by atoms with E-state index in [0.717, 1.165) is 10.9 Å². The topological polar surface area (TPSA) is 137 Å². The summed E-state index contributed by atoms with van der Waals surface area (Å²) in [6, 6.07) is -1.28. The van der Waals surface area contributed by atoms with Gasteiger partial charge in [-0.2, -0.15) is 5.10 Å². The van der Waals surface area contributed by atoms with Gasteiger partial charge in [-0.25, -0.2) is 18.5 Å². The quantitative estimate of drug-likeness (QED) is 0.657. The van der Waals surface area contributed by atoms with E-state index in [-0.39, 0.29) is 6.54 Å². The smallest absolute Gasteiger partial charge is 0.347 e. The van der Waals surface area contributed by atoms with Gasteiger partial charge in [-0.15, -0.1) is 4.36 Å². The zero-order valence-electron chi connectivity index (χ0n) is 8.91. The first kappa shape index (κ1) is 13.5. The van der Waals surface area contributed by atoms with Gasteiger partial charge in [0.2, 0.25) is 5.03 Å². The van der Waals surface area contributed by atoms with Crippen LogP contribution in [0, 0.1) is 5.82 Å². The Morgan fingerprint density at radius 1 is 1.82 bits per heavy atom. The lowest BCUT2D eigenvalue weighted by Gasteiger charge is -2.03. The number of hydrogen-bond donors (Lipinski definition) is 3. The minimum Gasteiger partial charge on any atom is -0.391 e. The molecule has 10 heteroatoms. The number of rotatable bonds is 3. The first-order valence-electron chi connectivity index (χ1n) is 4.47. The van der Waals surface area contributed by atoms with Gasteiger partial charge >= 0.3 is 6.03 Å². The van der Waals surface area contributed by atoms with Crippen molar-refractivity contribution in [3.8, 4) is 0 Å². The van der Waals surface area contributed by atoms with Crippen molar-refractivity contribution in [1.82, 2.24) is 9.78 Å². The number of aliphatic hydroxyl groups excluding tert-OH is 1. The lowest BCUT2D eigenvalue weighted by atomic mass is 10.4. The average molecular weight is 265 g/mol. The summed E-state index contributed by atoms with van der Waals surface area (Å²) in [6.07, 6.45) is 0.120. The van der Waals surface area contributed by atoms with Gasteiger partial charge in [-0.1, -0.05) is 0 Å². The van der Waals surface area contributed by atoms with Crippen molar-refractivity contribution in [1.29, 1.82) is 0 Å². The zero-order valence-corrected chi connectivity index (χ0v) is 9.72. The van der Waals surface area contributed by atoms with E-state index >= 15 is 0 Å². The second kappa shape index (κ2) is 4.77. The van der Waals surface area contributed by atoms with Crippen LogP contribution in [0.3, 0.4) is 0 Å². The Morgan fingerprint density at radius 3 is 2.88 bits per heavy atom. The van der Waals surface area contributed by atoms with Gasteiger partial charge in [0, 0.05) is 0 Å². The minimum absolute atomic E-state index is 0.0109. The van der Waals surface area contributed by atoms with Crippen molar-refractivity contribution in [2.45, 2.75) is 24.6 Å². The molecule has 0 saturated carbocycles. The first-order valence-corrected chi connectivity index (χ1v) is 6.05. The third-order valence-corrected chi connectivity index (χ3v) is 2.92. The average Bonchev–Trinajstić information content (AvgIpc) is 2.43. The van der Waals surface area contributed by atoms with Gasteiger partial charge in [-0.3, -0.25) is 4.68 Å². The van der Waals surface area contributed by atoms with Crippen LogP contribution in [0.5, 0.6) is 0 Å². The summed E-state index contributed by atoms with van der Waals surface area (Å²) >= 11 is 0. The minimum atomic E-state index is -3.79. The lowest BCUT2D eigenvalue weighted by Crippen LogP contribution is -2.20. The number of urea groups is 1. The van der Waals surface area contributed by atoms with E-state index in [9.17, 15) is 13.4 Å². The highest BCUT2D eigenvalue weighted by Gasteiger charge is 2.19. The number of halogens is 1. The molecule has 1 aromatic heterocycles. The van der Waals surface area contributed by atoms with Crippen molar-refractivity contribution in [3.05, 3.63) is 12.0 Å². The number of carbonyl (C=O) groups excluding carboxylic acids is 1. The first-order chi connectivity index (χ1) is 7.72. The van der Waals surface area contributed by atoms with Crippen LogP contribution in [0.15, 0.2) is 15.6 Å². The van der Waals surface area contributed by atoms with Gasteiger partial charge in [-0.05, 0) is 6.92 Å². The molecular weight excluding hydrogens is 253 g/mol. The van der Waals surface area contributed by atoms with Crippen molar-refractivity contribution in [2.75, 3.05) is 0 Å². The van der Waals surface area contributed by atoms with Gasteiger partial charge in [0.1, 0.15) is 0 Å². The van der Waals surface area contributed by atoms with Gasteiger partial charge < -0.3 is 10.8 Å². The fourth-order valence-corrected chi connectivity index (χ4v) is 2.03. The number of primary amides is 1. The van der Waals surface area contributed by atoms with Gasteiger partial charge in [0.25, 0.3) is 0 Å². The molecule has 0 fully saturated rings. The molecule has 2 atom stereocenters. The van der Waals surface area contributed by atoms with E-state index in [0.29, 0.717) is 0 Å². The molecule has 0 radical (unpaired) electrons. The number of nitrogens with two attached hydrogens (primary N) is 2. The molecule has 1 rings (SSSR count). The molecule has 1 aromatic rings. The Morgan fingerprint density at radius 2 is 2.41 bits per heavy atom. The fourth-order valence-electron chi connectivity index (χ4n) is 1.12. The standard InChI is InChI=1S/C7H12FN5O3S/c1-4(14)2-13-3-5(8)6(11-13)17(10,16)12-7(9)15/h3-4,14H,2H2,1H3,(H4,9,10,12,15,16). The molecule has 2 unspecified atom stereocenters. The van der Waals surface area contributed by atoms with Crippen LogP contribution in [-0.2, 0) is 16.5 Å². The normalized spacial score (nSPS) is 16.2. The molecular formula is C7H12FN5O3S. The van der Waals surface area contributed by atoms with Gasteiger partial charge in [0.05, 0.1) is 18.8 Å². The summed E-state index contributed by atoms with van der Waals surface area (Å²) in [5.74, 6) is -0.983. The lowest BCUT2D eigenvalue weighted by molar-refractivity contribution is 0.168. The second-order valence-electron chi connectivity index (χ2n) is 3.35. The number of amides is 2. The van der Waals surface area contributed by atoms with Crippen molar-refractivity contribution >= 4 is 15.9 Å². The molecule has 5 N–H and O–H groups in total. The highest BCUT2D eigenvalue weighted by molar-refractivity contribution is 7.91. The number of aromatic nitrogens is 2. The molecule has 0 aliphatic rings. The summed E-state index contributed by atoms with van der Waals surface area (Å²) in [5.41, 5.74) is 4.69. The Bertz CT molecular complexity index is 546. The predicted octanol–water partition coefficient (Wildman–Crippen LogP) is -0.818. The van der Waals surface area contributed by atoms with Crippen LogP contribution in [0.4, 0.5) is 9.18 Å². The molecule has 2 amide bonds. The molecule has 96 valence electrons. The van der Waals surface area contributed by atoms with Crippen LogP contribution in [0.1, 0.15) is 6.92 Å². The van der Waals surface area contributed by atoms with Crippen LogP contribution < -0.4 is 10.9 Å². The van der Waals surface area contributed by atoms with E-state index < -0.39 is 32.9 Å². The molecule has 0 aromatic carbocycles. The number of carbonyl (C=O) groups is 1. The van der Waals surface area contributed by atoms with Crippen molar-refractivity contribution < 1.29 is 18.5 Å². The predicted molar refractivity (Wildman–Crippen MR) is 56.5 cm³/mol. The SMILES string of the molecule is CC(O)Cn1cc(F)c(S(N)(=O)=NC(N)=O)n1. The summed E-state index contributed by atoms with van der Waals surface area (Å²) < 4.78 is 28.9. The molecule has 0 aliphatic heterocycles. The molecule has 1 heterocycles. The van der Waals surface area contributed by atoms with E-state index in [4.69, 9.17) is 16.0 Å². The van der Waals surface area contributed by atoms with Crippen LogP contribution >= 0.6 is 0 Å². The van der Waals surface area contributed by atoms with Crippen molar-refractivity contribution in [2.24, 2.45) is 15.2 Å². The van der Waals surface area contributed by atoms with Gasteiger partial charge in [0.15, 0.2) is 15.7 Å². The van der Waals surface area contributed by atoms with Crippen LogP contribution in [0.2, 0.25) is 0 Å². The highest BCUT2D eigenvalue weighted by atomic mass is 32.2. The third kappa shape index (κ3) is 3.47. The second-order valence-corrected chi connectivity index (χ2v) is 5.06. The highest BCUT2D eigenvalue weighted by Crippen LogP contribution is 2.12. The zero-order chi connectivity index (χ0) is 13.2. The Balaban J connectivity index is 3.20. The maximum Gasteiger partial charge on any atom is 0.347 e. The third-order valence-electron chi connectivity index (χ3n) is 1.64. The maximum atomic E-state index is 13.4. The molecule has 0 spiro atoms. The number of nitrogens with zero attached hydrogens (tertiary/aromatic N) is 3. The number of hydrogen-bond acceptors (Lipinski definition) is 4. The number of aliphatic hydroxyl groups is 1. The summed E-state index contributed by atoms with van der Waals surface area (Å²) in [6.45, 7) is 1.45. The maximum absolute atomic E-state index is 13.4. The van der Waals surface area contributed by atoms with E-state index in [1.165, 1.54) is 6.92 Å². The largest absolute Gasteiger partial charge is 0.391 e. The molecule has 0 bridgehead atoms. The van der Waals surface area contributed by atoms with E-state index in [2.05, 4.69) is 9.46 Å². The Labute approximate surface area is 96.7 Å². The van der Waals surface area contributed by atoms with Crippen LogP contribution in [-0.4, -0.2) is 31.2 Å². The van der Waals surface area contributed by atoms with Crippen molar-refractivity contribution in [3.63, 3.8) is 0 Å². The molecule has 17 heavy (non-hydrogen) atoms. The molecule has 0 aliphatic carbocycles. The summed E-state index contributed by atoms with van der Waals surface area (Å²) in [7, 11) is -3.79. The molecule has 8 nitrogen and oxygen atoms in total. The Kier molecular flexibility index (Phi) is 3.80. The monoisotopic (exact) mass is 265 g/mol. The van der Waals surface area contributed by atoms with E-state index in [1.807, 2.05) is 0 Å².